The average Bonchev–Trinajstić information content (AvgIpc) is 3.69. The van der Waals surface area contributed by atoms with Gasteiger partial charge in [0.05, 0.1) is 34.9 Å². The van der Waals surface area contributed by atoms with E-state index in [9.17, 15) is 34.2 Å². The number of nitro benzene ring substituents is 2. The van der Waals surface area contributed by atoms with E-state index in [-0.39, 0.29) is 34.5 Å². The Kier molecular flexibility index (Phi) is 19.0. The van der Waals surface area contributed by atoms with Crippen LogP contribution in [0, 0.1) is 51.7 Å². The van der Waals surface area contributed by atoms with Crippen LogP contribution in [0.5, 0.6) is 0 Å². The summed E-state index contributed by atoms with van der Waals surface area (Å²) in [5.41, 5.74) is 1.19. The van der Waals surface area contributed by atoms with Crippen molar-refractivity contribution >= 4 is 52.2 Å². The number of nitro groups is 2. The van der Waals surface area contributed by atoms with Gasteiger partial charge in [-0.05, 0) is 103 Å². The molecule has 3 aliphatic rings. The number of esters is 2. The average molecular weight is 746 g/mol. The lowest BCUT2D eigenvalue weighted by Crippen LogP contribution is -2.37. The number of halogens is 3. The van der Waals surface area contributed by atoms with Crippen molar-refractivity contribution < 1.29 is 38.0 Å². The highest BCUT2D eigenvalue weighted by molar-refractivity contribution is 6.32. The summed E-state index contributed by atoms with van der Waals surface area (Å²) in [6, 6.07) is 5.18. The highest BCUT2D eigenvalue weighted by Crippen LogP contribution is 2.36. The summed E-state index contributed by atoms with van der Waals surface area (Å²) < 4.78 is 27.6. The first-order valence-corrected chi connectivity index (χ1v) is 17.5. The molecule has 278 valence electrons. The van der Waals surface area contributed by atoms with Crippen molar-refractivity contribution in [1.29, 1.82) is 0 Å². The first-order valence-electron chi connectivity index (χ1n) is 16.7. The van der Waals surface area contributed by atoms with Gasteiger partial charge in [-0.2, -0.15) is 4.39 Å². The zero-order valence-electron chi connectivity index (χ0n) is 29.0. The Morgan fingerprint density at radius 2 is 1.30 bits per heavy atom. The number of hydrogen-bond acceptors (Lipinski definition) is 11. The second-order valence-corrected chi connectivity index (χ2v) is 12.6. The highest BCUT2D eigenvalue weighted by atomic mass is 35.5. The summed E-state index contributed by atoms with van der Waals surface area (Å²) in [5.74, 6) is -1.09. The number of benzene rings is 2. The maximum Gasteiger partial charge on any atom is 0.309 e. The van der Waals surface area contributed by atoms with E-state index in [1.807, 2.05) is 11.8 Å². The Morgan fingerprint density at radius 3 is 1.74 bits per heavy atom. The normalized spacial score (nSPS) is 16.0. The molecule has 2 aromatic rings. The molecule has 0 unspecified atom stereocenters. The van der Waals surface area contributed by atoms with Gasteiger partial charge in [-0.1, -0.05) is 23.2 Å². The van der Waals surface area contributed by atoms with Gasteiger partial charge in [-0.15, -0.1) is 0 Å². The lowest BCUT2D eigenvalue weighted by Gasteiger charge is -2.32. The molecule has 16 heteroatoms. The van der Waals surface area contributed by atoms with Crippen molar-refractivity contribution in [2.45, 2.75) is 66.2 Å². The molecule has 0 atom stereocenters. The molecule has 0 saturated carbocycles. The summed E-state index contributed by atoms with van der Waals surface area (Å²) >= 11 is 11.6. The summed E-state index contributed by atoms with van der Waals surface area (Å²) in [6.45, 7) is 12.9. The maximum atomic E-state index is 12.8. The van der Waals surface area contributed by atoms with Gasteiger partial charge in [0.1, 0.15) is 5.69 Å². The molecule has 0 aliphatic carbocycles. The largest absolute Gasteiger partial charge is 0.466 e. The number of nitrogens with one attached hydrogen (secondary N) is 1. The number of rotatable bonds is 7. The second-order valence-electron chi connectivity index (χ2n) is 11.8. The van der Waals surface area contributed by atoms with Crippen molar-refractivity contribution in [2.75, 3.05) is 57.5 Å². The maximum absolute atomic E-state index is 12.8. The van der Waals surface area contributed by atoms with Gasteiger partial charge < -0.3 is 24.4 Å². The number of hydrogen-bond donors (Lipinski definition) is 1. The molecule has 0 radical (unpaired) electrons. The molecule has 3 aliphatic heterocycles. The number of aryl methyl sites for hydroxylation is 2. The first kappa shape index (κ1) is 42.6. The van der Waals surface area contributed by atoms with E-state index in [4.69, 9.17) is 37.4 Å². The van der Waals surface area contributed by atoms with Gasteiger partial charge in [-0.3, -0.25) is 29.8 Å². The molecule has 0 amide bonds. The minimum absolute atomic E-state index is 0.0194. The molecule has 13 nitrogen and oxygen atoms in total. The van der Waals surface area contributed by atoms with Crippen LogP contribution in [-0.2, 0) is 23.8 Å². The summed E-state index contributed by atoms with van der Waals surface area (Å²) in [6.07, 6.45) is 5.67. The Hall–Kier alpha value is -3.59. The molecular formula is C34H47Cl2FN4O9. The van der Waals surface area contributed by atoms with Crippen LogP contribution in [0.15, 0.2) is 24.3 Å². The summed E-state index contributed by atoms with van der Waals surface area (Å²) in [4.78, 5) is 45.1. The van der Waals surface area contributed by atoms with Gasteiger partial charge in [0.2, 0.25) is 5.82 Å². The first-order chi connectivity index (χ1) is 23.8. The van der Waals surface area contributed by atoms with Crippen LogP contribution in [0.1, 0.15) is 63.5 Å². The number of ether oxygens (including phenoxy) is 3. The van der Waals surface area contributed by atoms with Crippen LogP contribution in [0.2, 0.25) is 10.0 Å². The smallest absolute Gasteiger partial charge is 0.309 e. The van der Waals surface area contributed by atoms with Crippen molar-refractivity contribution in [3.8, 4) is 0 Å². The quantitative estimate of drug-likeness (QED) is 0.171. The van der Waals surface area contributed by atoms with E-state index >= 15 is 0 Å². The third kappa shape index (κ3) is 14.0. The van der Waals surface area contributed by atoms with Crippen LogP contribution in [0.25, 0.3) is 0 Å². The van der Waals surface area contributed by atoms with Crippen LogP contribution >= 0.6 is 23.2 Å². The van der Waals surface area contributed by atoms with Crippen molar-refractivity contribution in [1.82, 2.24) is 5.32 Å². The van der Waals surface area contributed by atoms with E-state index in [2.05, 4.69) is 5.32 Å². The topological polar surface area (TPSA) is 163 Å². The zero-order valence-corrected chi connectivity index (χ0v) is 30.5. The van der Waals surface area contributed by atoms with E-state index in [0.29, 0.717) is 61.0 Å². The van der Waals surface area contributed by atoms with E-state index in [1.165, 1.54) is 18.9 Å². The molecule has 1 N–H and O–H groups in total. The zero-order chi connectivity index (χ0) is 37.2. The Labute approximate surface area is 302 Å². The van der Waals surface area contributed by atoms with E-state index in [1.54, 1.807) is 26.8 Å². The van der Waals surface area contributed by atoms with Crippen LogP contribution < -0.4 is 10.2 Å². The highest BCUT2D eigenvalue weighted by Gasteiger charge is 2.29. The third-order valence-corrected chi connectivity index (χ3v) is 8.93. The molecule has 0 aromatic heterocycles. The van der Waals surface area contributed by atoms with Gasteiger partial charge in [0.25, 0.3) is 5.69 Å². The van der Waals surface area contributed by atoms with Gasteiger partial charge in [-0.25, -0.2) is 0 Å². The van der Waals surface area contributed by atoms with Crippen molar-refractivity contribution in [3.05, 3.63) is 71.5 Å². The van der Waals surface area contributed by atoms with Gasteiger partial charge in [0.15, 0.2) is 0 Å². The van der Waals surface area contributed by atoms with Crippen LogP contribution in [0.3, 0.4) is 0 Å². The van der Waals surface area contributed by atoms with Crippen molar-refractivity contribution in [3.63, 3.8) is 0 Å². The minimum atomic E-state index is -0.907. The Bertz CT molecular complexity index is 1420. The molecule has 2 aromatic carbocycles. The predicted molar refractivity (Wildman–Crippen MR) is 189 cm³/mol. The molecule has 50 heavy (non-hydrogen) atoms. The van der Waals surface area contributed by atoms with E-state index < -0.39 is 21.4 Å². The molecule has 5 rings (SSSR count). The molecule has 3 fully saturated rings. The Morgan fingerprint density at radius 1 is 0.840 bits per heavy atom. The fourth-order valence-corrected chi connectivity index (χ4v) is 5.59. The van der Waals surface area contributed by atoms with Crippen LogP contribution in [0.4, 0.5) is 21.5 Å². The molecular weight excluding hydrogens is 698 g/mol. The minimum Gasteiger partial charge on any atom is -0.466 e. The molecule has 3 heterocycles. The second kappa shape index (κ2) is 22.3. The van der Waals surface area contributed by atoms with Crippen LogP contribution in [-0.4, -0.2) is 74.4 Å². The van der Waals surface area contributed by atoms with Gasteiger partial charge >= 0.3 is 17.6 Å². The number of piperidine rings is 2. The fraction of sp³-hybridized carbons (Fsp3) is 0.588. The Balaban J connectivity index is 0.000000260. The van der Waals surface area contributed by atoms with Crippen molar-refractivity contribution in [2.24, 2.45) is 11.8 Å². The molecule has 0 spiro atoms. The fourth-order valence-electron chi connectivity index (χ4n) is 5.28. The number of nitrogens with zero attached hydrogens (tertiary/aromatic N) is 3. The lowest BCUT2D eigenvalue weighted by molar-refractivity contribution is -0.387. The van der Waals surface area contributed by atoms with Gasteiger partial charge in [0, 0.05) is 48.5 Å². The standard InChI is InChI=1S/C15H19ClN2O4.C8H15NO2.C7H5ClFNO2.C4H8O/c1-3-22-15(19)11-4-6-17(7-5-11)13-9-12(16)10(2)8-14(13)18(20)21;1-2-11-8(10)7-3-5-9-6-4-7;1-4-2-7(10(11)12)6(9)3-5(4)8;1-2-4-5-3-1/h8-9,11H,3-7H2,1-2H3;7,9H,2-6H2,1H3;2-3H,1H3;1-4H2. The number of carbonyl (C=O) groups is 2. The summed E-state index contributed by atoms with van der Waals surface area (Å²) in [5, 5.41) is 25.4. The third-order valence-electron chi connectivity index (χ3n) is 8.12. The lowest BCUT2D eigenvalue weighted by atomic mass is 9.96. The number of anilines is 1. The predicted octanol–water partition coefficient (Wildman–Crippen LogP) is 7.38. The SMILES string of the molecule is C1CCOC1.CCOC(=O)C1CCN(c2cc(Cl)c(C)cc2[N+](=O)[O-])CC1.CCOC(=O)C1CCNCC1.Cc1cc([N+](=O)[O-])c(F)cc1Cl. The number of carbonyl (C=O) groups excluding carboxylic acids is 2. The molecule has 0 bridgehead atoms. The molecule has 3 saturated heterocycles. The monoisotopic (exact) mass is 744 g/mol. The summed E-state index contributed by atoms with van der Waals surface area (Å²) in [7, 11) is 0. The van der Waals surface area contributed by atoms with E-state index in [0.717, 1.165) is 51.3 Å².